The van der Waals surface area contributed by atoms with Gasteiger partial charge in [0.1, 0.15) is 12.2 Å². The van der Waals surface area contributed by atoms with Crippen LogP contribution in [0.4, 0.5) is 0 Å². The van der Waals surface area contributed by atoms with E-state index in [9.17, 15) is 4.79 Å². The molecule has 4 heterocycles. The first-order valence-corrected chi connectivity index (χ1v) is 8.77. The van der Waals surface area contributed by atoms with Crippen molar-refractivity contribution in [1.29, 1.82) is 0 Å². The van der Waals surface area contributed by atoms with Crippen LogP contribution in [0.3, 0.4) is 0 Å². The molecule has 0 N–H and O–H groups in total. The maximum atomic E-state index is 12.6. The molecule has 0 atom stereocenters. The molecule has 0 radical (unpaired) electrons. The Morgan fingerprint density at radius 2 is 2.08 bits per heavy atom. The van der Waals surface area contributed by atoms with E-state index in [1.807, 2.05) is 20.3 Å². The quantitative estimate of drug-likeness (QED) is 0.775. The monoisotopic (exact) mass is 345 g/mol. The summed E-state index contributed by atoms with van der Waals surface area (Å²) in [6, 6.07) is 1.93. The molecule has 0 spiro atoms. The zero-order valence-corrected chi connectivity index (χ0v) is 14.5. The molecule has 9 nitrogen and oxygen atoms in total. The van der Waals surface area contributed by atoms with Crippen LogP contribution in [0.25, 0.3) is 0 Å². The van der Waals surface area contributed by atoms with Crippen molar-refractivity contribution in [3.63, 3.8) is 0 Å². The van der Waals surface area contributed by atoms with E-state index in [2.05, 4.69) is 27.0 Å². The van der Waals surface area contributed by atoms with Crippen molar-refractivity contribution in [3.05, 3.63) is 29.6 Å². The van der Waals surface area contributed by atoms with E-state index < -0.39 is 0 Å². The van der Waals surface area contributed by atoms with Crippen LogP contribution >= 0.6 is 0 Å². The lowest BCUT2D eigenvalue weighted by molar-refractivity contribution is 0.0298. The Balaban J connectivity index is 1.44. The van der Waals surface area contributed by atoms with Crippen LogP contribution < -0.4 is 0 Å². The predicted octanol–water partition coefficient (Wildman–Crippen LogP) is -0.0173. The largest absolute Gasteiger partial charge is 0.378 e. The van der Waals surface area contributed by atoms with Gasteiger partial charge in [0.25, 0.3) is 5.91 Å². The Kier molecular flexibility index (Phi) is 4.50. The Hall–Kier alpha value is -2.26. The lowest BCUT2D eigenvalue weighted by Gasteiger charge is -2.27. The topological polar surface area (TPSA) is 81.3 Å². The van der Waals surface area contributed by atoms with Gasteiger partial charge in [0.2, 0.25) is 0 Å². The maximum absolute atomic E-state index is 12.6. The molecule has 2 aliphatic rings. The Labute approximate surface area is 146 Å². The van der Waals surface area contributed by atoms with Crippen LogP contribution in [0.15, 0.2) is 12.4 Å². The molecule has 2 aromatic rings. The molecule has 1 saturated heterocycles. The van der Waals surface area contributed by atoms with Crippen molar-refractivity contribution in [2.75, 3.05) is 32.8 Å². The van der Waals surface area contributed by atoms with E-state index in [4.69, 9.17) is 4.74 Å². The zero-order chi connectivity index (χ0) is 17.2. The van der Waals surface area contributed by atoms with Crippen LogP contribution in [-0.4, -0.2) is 73.1 Å². The number of hydrogen-bond acceptors (Lipinski definition) is 6. The van der Waals surface area contributed by atoms with Crippen molar-refractivity contribution in [3.8, 4) is 0 Å². The molecular formula is C16H23N7O2. The minimum Gasteiger partial charge on any atom is -0.378 e. The van der Waals surface area contributed by atoms with Gasteiger partial charge in [0.15, 0.2) is 5.69 Å². The highest BCUT2D eigenvalue weighted by atomic mass is 16.5. The van der Waals surface area contributed by atoms with Crippen LogP contribution in [-0.2, 0) is 30.9 Å². The summed E-state index contributed by atoms with van der Waals surface area (Å²) in [6.07, 6.45) is 1.60. The summed E-state index contributed by atoms with van der Waals surface area (Å²) in [5.74, 6) is 0.975. The first-order valence-electron chi connectivity index (χ1n) is 8.77. The summed E-state index contributed by atoms with van der Waals surface area (Å²) in [5.41, 5.74) is 1.61. The maximum Gasteiger partial charge on any atom is 0.274 e. The summed E-state index contributed by atoms with van der Waals surface area (Å²) >= 11 is 0. The van der Waals surface area contributed by atoms with Crippen LogP contribution in [0.2, 0.25) is 0 Å². The highest BCUT2D eigenvalue weighted by molar-refractivity contribution is 5.92. The molecule has 0 saturated carbocycles. The minimum atomic E-state index is 0.00229. The molecule has 1 fully saturated rings. The fourth-order valence-electron chi connectivity index (χ4n) is 3.36. The van der Waals surface area contributed by atoms with E-state index in [0.717, 1.165) is 44.2 Å². The fourth-order valence-corrected chi connectivity index (χ4v) is 3.36. The Morgan fingerprint density at radius 3 is 2.88 bits per heavy atom. The molecule has 1 amide bonds. The number of morpholine rings is 1. The number of aryl methyl sites for hydroxylation is 1. The summed E-state index contributed by atoms with van der Waals surface area (Å²) < 4.78 is 9.18. The highest BCUT2D eigenvalue weighted by Crippen LogP contribution is 2.17. The van der Waals surface area contributed by atoms with Crippen molar-refractivity contribution in [1.82, 2.24) is 34.3 Å². The standard InChI is InChI=1S/C16H23N7O2/c1-2-22-15(17-12-18-22)11-20-3-4-23-13(10-20)9-14(19-23)16(24)21-5-7-25-8-6-21/h9,12H,2-8,10-11H2,1H3. The second-order valence-electron chi connectivity index (χ2n) is 6.35. The third-order valence-corrected chi connectivity index (χ3v) is 4.75. The summed E-state index contributed by atoms with van der Waals surface area (Å²) in [4.78, 5) is 21.1. The average Bonchev–Trinajstić information content (AvgIpc) is 3.27. The lowest BCUT2D eigenvalue weighted by atomic mass is 10.2. The predicted molar refractivity (Wildman–Crippen MR) is 88.8 cm³/mol. The molecule has 2 aromatic heterocycles. The fraction of sp³-hybridized carbons (Fsp3) is 0.625. The van der Waals surface area contributed by atoms with Gasteiger partial charge in [0.05, 0.1) is 32.0 Å². The number of rotatable bonds is 4. The third-order valence-electron chi connectivity index (χ3n) is 4.75. The van der Waals surface area contributed by atoms with Crippen LogP contribution in [0.1, 0.15) is 28.9 Å². The molecular weight excluding hydrogens is 322 g/mol. The van der Waals surface area contributed by atoms with Gasteiger partial charge in [-0.2, -0.15) is 10.2 Å². The number of hydrogen-bond donors (Lipinski definition) is 0. The average molecular weight is 345 g/mol. The van der Waals surface area contributed by atoms with Gasteiger partial charge >= 0.3 is 0 Å². The second-order valence-corrected chi connectivity index (χ2v) is 6.35. The number of amides is 1. The van der Waals surface area contributed by atoms with Gasteiger partial charge in [-0.25, -0.2) is 9.67 Å². The van der Waals surface area contributed by atoms with E-state index in [0.29, 0.717) is 32.0 Å². The molecule has 25 heavy (non-hydrogen) atoms. The van der Waals surface area contributed by atoms with Crippen LogP contribution in [0.5, 0.6) is 0 Å². The number of carbonyl (C=O) groups is 1. The van der Waals surface area contributed by atoms with Gasteiger partial charge in [0, 0.05) is 32.7 Å². The third kappa shape index (κ3) is 3.29. The van der Waals surface area contributed by atoms with Gasteiger partial charge in [-0.3, -0.25) is 14.4 Å². The molecule has 0 aliphatic carbocycles. The first kappa shape index (κ1) is 16.2. The lowest BCUT2D eigenvalue weighted by Crippen LogP contribution is -2.40. The van der Waals surface area contributed by atoms with Gasteiger partial charge in [-0.15, -0.1) is 0 Å². The Bertz CT molecular complexity index is 748. The number of ether oxygens (including phenoxy) is 1. The van der Waals surface area contributed by atoms with Crippen LogP contribution in [0, 0.1) is 0 Å². The summed E-state index contributed by atoms with van der Waals surface area (Å²) in [6.45, 7) is 8.55. The molecule has 4 rings (SSSR count). The summed E-state index contributed by atoms with van der Waals surface area (Å²) in [5, 5.41) is 8.74. The van der Waals surface area contributed by atoms with E-state index in [-0.39, 0.29) is 5.91 Å². The molecule has 0 unspecified atom stereocenters. The molecule has 134 valence electrons. The van der Waals surface area contributed by atoms with Gasteiger partial charge < -0.3 is 9.64 Å². The van der Waals surface area contributed by atoms with Crippen molar-refractivity contribution < 1.29 is 9.53 Å². The normalized spacial score (nSPS) is 18.4. The Morgan fingerprint density at radius 1 is 1.24 bits per heavy atom. The van der Waals surface area contributed by atoms with Gasteiger partial charge in [-0.1, -0.05) is 0 Å². The van der Waals surface area contributed by atoms with Crippen molar-refractivity contribution in [2.24, 2.45) is 0 Å². The van der Waals surface area contributed by atoms with Crippen molar-refractivity contribution >= 4 is 5.91 Å². The molecule has 9 heteroatoms. The van der Waals surface area contributed by atoms with Crippen molar-refractivity contribution in [2.45, 2.75) is 33.1 Å². The first-order chi connectivity index (χ1) is 12.2. The second kappa shape index (κ2) is 6.93. The molecule has 0 bridgehead atoms. The van der Waals surface area contributed by atoms with Gasteiger partial charge in [-0.05, 0) is 13.0 Å². The van der Waals surface area contributed by atoms with E-state index >= 15 is 0 Å². The number of aromatic nitrogens is 5. The van der Waals surface area contributed by atoms with E-state index in [1.54, 1.807) is 6.33 Å². The molecule has 2 aliphatic heterocycles. The number of carbonyl (C=O) groups excluding carboxylic acids is 1. The minimum absolute atomic E-state index is 0.00229. The summed E-state index contributed by atoms with van der Waals surface area (Å²) in [7, 11) is 0. The zero-order valence-electron chi connectivity index (χ0n) is 14.5. The SMILES string of the molecule is CCn1ncnc1CN1CCn2nc(C(=O)N3CCOCC3)cc2C1. The smallest absolute Gasteiger partial charge is 0.274 e. The number of nitrogens with zero attached hydrogens (tertiary/aromatic N) is 7. The number of fused-ring (bicyclic) bond motifs is 1. The molecule has 0 aromatic carbocycles. The highest BCUT2D eigenvalue weighted by Gasteiger charge is 2.25. The van der Waals surface area contributed by atoms with E-state index in [1.165, 1.54) is 0 Å².